The summed E-state index contributed by atoms with van der Waals surface area (Å²) in [6.07, 6.45) is 0. The molecule has 0 fully saturated rings. The van der Waals surface area contributed by atoms with Gasteiger partial charge in [-0.3, -0.25) is 4.57 Å². The van der Waals surface area contributed by atoms with Crippen LogP contribution in [0.5, 0.6) is 0 Å². The van der Waals surface area contributed by atoms with Crippen molar-refractivity contribution < 1.29 is 14.4 Å². The van der Waals surface area contributed by atoms with Crippen LogP contribution in [0, 0.1) is 0 Å². The monoisotopic (exact) mass is 293 g/mol. The van der Waals surface area contributed by atoms with E-state index >= 15 is 0 Å². The van der Waals surface area contributed by atoms with Gasteiger partial charge in [-0.25, -0.2) is 0 Å². The summed E-state index contributed by atoms with van der Waals surface area (Å²) in [5.74, 6) is 0. The first-order chi connectivity index (χ1) is 8.35. The lowest BCUT2D eigenvalue weighted by Gasteiger charge is -2.13. The molecule has 0 aromatic heterocycles. The van der Waals surface area contributed by atoms with Gasteiger partial charge in [0.15, 0.2) is 0 Å². The van der Waals surface area contributed by atoms with Crippen LogP contribution in [0.15, 0.2) is 24.3 Å². The molecule has 2 N–H and O–H groups in total. The van der Waals surface area contributed by atoms with Gasteiger partial charge in [0.05, 0.1) is 5.30 Å². The molecule has 0 spiro atoms. The molecule has 0 aliphatic rings. The Hall–Kier alpha value is -0.380. The van der Waals surface area contributed by atoms with E-state index in [1.54, 1.807) is 0 Å². The molecule has 0 saturated heterocycles. The minimum atomic E-state index is -4.10. The third-order valence-corrected chi connectivity index (χ3v) is 3.73. The molecule has 0 amide bonds. The van der Waals surface area contributed by atoms with Gasteiger partial charge in [0.2, 0.25) is 0 Å². The quantitative estimate of drug-likeness (QED) is 0.837. The Morgan fingerprint density at radius 3 is 1.67 bits per heavy atom. The molecule has 18 heavy (non-hydrogen) atoms. The van der Waals surface area contributed by atoms with Crippen LogP contribution >= 0.6 is 19.2 Å². The third kappa shape index (κ3) is 7.14. The van der Waals surface area contributed by atoms with Crippen molar-refractivity contribution in [3.63, 3.8) is 0 Å². The lowest BCUT2D eigenvalue weighted by atomic mass is 10.4. The molecule has 0 aliphatic carbocycles. The van der Waals surface area contributed by atoms with Crippen molar-refractivity contribution in [1.82, 2.24) is 4.90 Å². The lowest BCUT2D eigenvalue weighted by Crippen LogP contribution is -2.21. The average molecular weight is 294 g/mol. The van der Waals surface area contributed by atoms with Gasteiger partial charge in [0.25, 0.3) is 0 Å². The summed E-state index contributed by atoms with van der Waals surface area (Å²) < 4.78 is 10.6. The van der Waals surface area contributed by atoms with Gasteiger partial charge < -0.3 is 14.7 Å². The second kappa shape index (κ2) is 8.68. The van der Waals surface area contributed by atoms with Gasteiger partial charge in [-0.05, 0) is 43.9 Å². The molecular formula is C12H21ClNO3P. The Balaban J connectivity index is 0.000000360. The van der Waals surface area contributed by atoms with Crippen molar-refractivity contribution in [2.75, 3.05) is 19.6 Å². The fraction of sp³-hybridized carbons (Fsp3) is 0.500. The van der Waals surface area contributed by atoms with E-state index in [1.807, 2.05) is 0 Å². The van der Waals surface area contributed by atoms with Crippen LogP contribution in [0.2, 0.25) is 5.02 Å². The molecule has 0 aliphatic heterocycles. The molecule has 1 rings (SSSR count). The molecule has 6 heteroatoms. The van der Waals surface area contributed by atoms with E-state index in [2.05, 4.69) is 25.7 Å². The van der Waals surface area contributed by atoms with E-state index in [0.29, 0.717) is 5.02 Å². The van der Waals surface area contributed by atoms with Crippen LogP contribution < -0.4 is 5.30 Å². The number of benzene rings is 1. The average Bonchev–Trinajstić information content (AvgIpc) is 2.31. The number of hydrogen-bond acceptors (Lipinski definition) is 2. The summed E-state index contributed by atoms with van der Waals surface area (Å²) in [5, 5.41) is 0.448. The fourth-order valence-electron chi connectivity index (χ4n) is 1.31. The number of halogens is 1. The third-order valence-electron chi connectivity index (χ3n) is 2.50. The normalized spacial score (nSPS) is 11.1. The zero-order valence-electron chi connectivity index (χ0n) is 11.0. The highest BCUT2D eigenvalue weighted by atomic mass is 35.5. The molecule has 0 heterocycles. The number of hydrogen-bond donors (Lipinski definition) is 2. The lowest BCUT2D eigenvalue weighted by molar-refractivity contribution is 0.321. The summed E-state index contributed by atoms with van der Waals surface area (Å²) in [6, 6.07) is 5.50. The molecule has 0 radical (unpaired) electrons. The minimum absolute atomic E-state index is 0.0121. The Bertz CT molecular complexity index is 368. The number of rotatable bonds is 4. The fourth-order valence-corrected chi connectivity index (χ4v) is 1.97. The Kier molecular flexibility index (Phi) is 8.49. The molecule has 4 nitrogen and oxygen atoms in total. The van der Waals surface area contributed by atoms with Gasteiger partial charge in [-0.2, -0.15) is 0 Å². The first-order valence-electron chi connectivity index (χ1n) is 5.89. The van der Waals surface area contributed by atoms with Gasteiger partial charge in [-0.1, -0.05) is 32.4 Å². The predicted molar refractivity (Wildman–Crippen MR) is 76.6 cm³/mol. The molecule has 104 valence electrons. The maximum atomic E-state index is 10.6. The van der Waals surface area contributed by atoms with E-state index in [4.69, 9.17) is 21.4 Å². The number of nitrogens with zero attached hydrogens (tertiary/aromatic N) is 1. The maximum Gasteiger partial charge on any atom is 0.356 e. The first kappa shape index (κ1) is 17.6. The van der Waals surface area contributed by atoms with Crippen LogP contribution in [-0.2, 0) is 4.57 Å². The largest absolute Gasteiger partial charge is 0.356 e. The smallest absolute Gasteiger partial charge is 0.321 e. The molecule has 0 bridgehead atoms. The highest BCUT2D eigenvalue weighted by Gasteiger charge is 2.15. The zero-order chi connectivity index (χ0) is 14.2. The van der Waals surface area contributed by atoms with Gasteiger partial charge in [0, 0.05) is 5.02 Å². The summed E-state index contributed by atoms with van der Waals surface area (Å²) in [7, 11) is -4.10. The molecule has 1 aromatic carbocycles. The van der Waals surface area contributed by atoms with Crippen LogP contribution in [0.3, 0.4) is 0 Å². The van der Waals surface area contributed by atoms with Crippen LogP contribution in [0.1, 0.15) is 20.8 Å². The van der Waals surface area contributed by atoms with E-state index < -0.39 is 7.60 Å². The van der Waals surface area contributed by atoms with E-state index in [9.17, 15) is 4.57 Å². The van der Waals surface area contributed by atoms with E-state index in [0.717, 1.165) is 0 Å². The first-order valence-corrected chi connectivity index (χ1v) is 7.88. The van der Waals surface area contributed by atoms with Gasteiger partial charge >= 0.3 is 7.60 Å². The zero-order valence-corrected chi connectivity index (χ0v) is 12.7. The van der Waals surface area contributed by atoms with Gasteiger partial charge in [0.1, 0.15) is 0 Å². The molecule has 1 aromatic rings. The van der Waals surface area contributed by atoms with Crippen molar-refractivity contribution in [3.8, 4) is 0 Å². The second-order valence-corrected chi connectivity index (χ2v) is 5.68. The van der Waals surface area contributed by atoms with Crippen LogP contribution in [0.25, 0.3) is 0 Å². The highest BCUT2D eigenvalue weighted by molar-refractivity contribution is 7.60. The van der Waals surface area contributed by atoms with Crippen molar-refractivity contribution in [1.29, 1.82) is 0 Å². The molecule has 0 atom stereocenters. The maximum absolute atomic E-state index is 10.6. The van der Waals surface area contributed by atoms with Crippen molar-refractivity contribution in [2.45, 2.75) is 20.8 Å². The second-order valence-electron chi connectivity index (χ2n) is 3.64. The summed E-state index contributed by atoms with van der Waals surface area (Å²) in [4.78, 5) is 19.7. The Morgan fingerprint density at radius 2 is 1.44 bits per heavy atom. The van der Waals surface area contributed by atoms with Gasteiger partial charge in [-0.15, -0.1) is 0 Å². The predicted octanol–water partition coefficient (Wildman–Crippen LogP) is 2.49. The van der Waals surface area contributed by atoms with Crippen molar-refractivity contribution in [3.05, 3.63) is 29.3 Å². The van der Waals surface area contributed by atoms with E-state index in [-0.39, 0.29) is 5.30 Å². The molecular weight excluding hydrogens is 273 g/mol. The highest BCUT2D eigenvalue weighted by Crippen LogP contribution is 2.33. The molecule has 0 unspecified atom stereocenters. The summed E-state index contributed by atoms with van der Waals surface area (Å²) >= 11 is 5.51. The molecule has 0 saturated carbocycles. The Labute approximate surface area is 114 Å². The topological polar surface area (TPSA) is 60.8 Å². The Morgan fingerprint density at radius 1 is 1.06 bits per heavy atom. The minimum Gasteiger partial charge on any atom is -0.321 e. The van der Waals surface area contributed by atoms with E-state index in [1.165, 1.54) is 43.9 Å². The summed E-state index contributed by atoms with van der Waals surface area (Å²) in [6.45, 7) is 10.1. The SMILES string of the molecule is CCN(CC)CC.O=P(O)(O)c1ccc(Cl)cc1. The van der Waals surface area contributed by atoms with Crippen molar-refractivity contribution >= 4 is 24.5 Å². The van der Waals surface area contributed by atoms with Crippen LogP contribution in [0.4, 0.5) is 0 Å². The van der Waals surface area contributed by atoms with Crippen molar-refractivity contribution in [2.24, 2.45) is 0 Å². The summed E-state index contributed by atoms with van der Waals surface area (Å²) in [5.41, 5.74) is 0. The van der Waals surface area contributed by atoms with Crippen LogP contribution in [-0.4, -0.2) is 34.3 Å². The standard InChI is InChI=1S/C6H6ClO3P.C6H15N/c7-5-1-3-6(4-2-5)11(8,9)10;1-4-7(5-2)6-3/h1-4H,(H2,8,9,10);4-6H2,1-3H3.